The SMILES string of the molecule is CN1C(=O)c2ncc(N3CC4CC4c4cc(C(=O)N5CCC(F)(F)CC5)cnc43)cc2C12CC2. The van der Waals surface area contributed by atoms with Crippen molar-refractivity contribution < 1.29 is 18.4 Å². The van der Waals surface area contributed by atoms with Crippen LogP contribution >= 0.6 is 0 Å². The summed E-state index contributed by atoms with van der Waals surface area (Å²) in [5.41, 5.74) is 3.78. The first kappa shape index (κ1) is 20.3. The first-order chi connectivity index (χ1) is 16.3. The number of carbonyl (C=O) groups excluding carboxylic acids is 2. The Hall–Kier alpha value is -3.10. The molecule has 0 radical (unpaired) electrons. The predicted molar refractivity (Wildman–Crippen MR) is 119 cm³/mol. The van der Waals surface area contributed by atoms with Crippen molar-refractivity contribution in [2.75, 3.05) is 31.6 Å². The predicted octanol–water partition coefficient (Wildman–Crippen LogP) is 3.68. The van der Waals surface area contributed by atoms with Crippen molar-refractivity contribution in [2.45, 2.75) is 49.5 Å². The third-order valence-corrected chi connectivity index (χ3v) is 8.48. The van der Waals surface area contributed by atoms with E-state index in [0.717, 1.165) is 48.4 Å². The van der Waals surface area contributed by atoms with Crippen LogP contribution in [0.25, 0.3) is 0 Å². The smallest absolute Gasteiger partial charge is 0.273 e. The average Bonchev–Trinajstić information content (AvgIpc) is 3.75. The van der Waals surface area contributed by atoms with Gasteiger partial charge in [0.15, 0.2) is 0 Å². The Labute approximate surface area is 195 Å². The van der Waals surface area contributed by atoms with Crippen LogP contribution in [0, 0.1) is 5.92 Å². The molecule has 5 aliphatic rings. The molecule has 2 aliphatic carbocycles. The Bertz CT molecular complexity index is 1250. The van der Waals surface area contributed by atoms with Gasteiger partial charge in [-0.2, -0.15) is 0 Å². The third kappa shape index (κ3) is 2.78. The van der Waals surface area contributed by atoms with E-state index in [4.69, 9.17) is 4.98 Å². The molecule has 2 aromatic heterocycles. The summed E-state index contributed by atoms with van der Waals surface area (Å²) in [6, 6.07) is 4.01. The minimum atomic E-state index is -2.69. The summed E-state index contributed by atoms with van der Waals surface area (Å²) >= 11 is 0. The summed E-state index contributed by atoms with van der Waals surface area (Å²) in [5.74, 6) is -1.24. The van der Waals surface area contributed by atoms with Crippen molar-refractivity contribution in [2.24, 2.45) is 5.92 Å². The number of amides is 2. The molecule has 2 aromatic rings. The lowest BCUT2D eigenvalue weighted by Gasteiger charge is -2.33. The van der Waals surface area contributed by atoms with Crippen LogP contribution in [0.2, 0.25) is 0 Å². The average molecular weight is 466 g/mol. The van der Waals surface area contributed by atoms with Gasteiger partial charge in [-0.05, 0) is 48.8 Å². The van der Waals surface area contributed by atoms with Crippen LogP contribution in [0.1, 0.15) is 70.0 Å². The zero-order valence-corrected chi connectivity index (χ0v) is 18.9. The molecule has 2 amide bonds. The molecule has 0 aromatic carbocycles. The Morgan fingerprint density at radius 2 is 1.85 bits per heavy atom. The van der Waals surface area contributed by atoms with Crippen molar-refractivity contribution in [3.63, 3.8) is 0 Å². The van der Waals surface area contributed by atoms with E-state index in [-0.39, 0.29) is 43.3 Å². The van der Waals surface area contributed by atoms with Crippen LogP contribution in [0.4, 0.5) is 20.3 Å². The van der Waals surface area contributed by atoms with E-state index < -0.39 is 5.92 Å². The Morgan fingerprint density at radius 3 is 2.59 bits per heavy atom. The summed E-state index contributed by atoms with van der Waals surface area (Å²) in [6.07, 6.45) is 5.71. The molecule has 7 rings (SSSR count). The van der Waals surface area contributed by atoms with Gasteiger partial charge in [0.2, 0.25) is 0 Å². The second-order valence-electron chi connectivity index (χ2n) is 10.5. The van der Waals surface area contributed by atoms with Gasteiger partial charge in [-0.25, -0.2) is 18.7 Å². The molecule has 0 bridgehead atoms. The highest BCUT2D eigenvalue weighted by Crippen LogP contribution is 2.58. The highest BCUT2D eigenvalue weighted by atomic mass is 19.3. The van der Waals surface area contributed by atoms with Crippen LogP contribution < -0.4 is 4.90 Å². The molecule has 34 heavy (non-hydrogen) atoms. The zero-order chi connectivity index (χ0) is 23.4. The summed E-state index contributed by atoms with van der Waals surface area (Å²) in [6.45, 7) is 0.962. The van der Waals surface area contributed by atoms with E-state index in [1.807, 2.05) is 18.0 Å². The van der Waals surface area contributed by atoms with E-state index in [2.05, 4.69) is 16.0 Å². The van der Waals surface area contributed by atoms with Gasteiger partial charge in [-0.3, -0.25) is 9.59 Å². The van der Waals surface area contributed by atoms with Crippen molar-refractivity contribution >= 4 is 23.3 Å². The normalized spacial score (nSPS) is 27.4. The van der Waals surface area contributed by atoms with E-state index in [1.165, 1.54) is 4.90 Å². The molecule has 3 fully saturated rings. The molecule has 1 saturated heterocycles. The molecule has 3 aliphatic heterocycles. The van der Waals surface area contributed by atoms with Crippen LogP contribution in [0.3, 0.4) is 0 Å². The third-order valence-electron chi connectivity index (χ3n) is 8.48. The molecule has 7 nitrogen and oxygen atoms in total. The molecular formula is C25H25F2N5O2. The first-order valence-corrected chi connectivity index (χ1v) is 12.0. The Balaban J connectivity index is 1.21. The quantitative estimate of drug-likeness (QED) is 0.677. The number of nitrogens with zero attached hydrogens (tertiary/aromatic N) is 5. The fourth-order valence-corrected chi connectivity index (χ4v) is 6.07. The number of halogens is 2. The van der Waals surface area contributed by atoms with Gasteiger partial charge in [-0.1, -0.05) is 0 Å². The fraction of sp³-hybridized carbons (Fsp3) is 0.520. The first-order valence-electron chi connectivity index (χ1n) is 12.0. The number of carbonyl (C=O) groups is 2. The van der Waals surface area contributed by atoms with Gasteiger partial charge < -0.3 is 14.7 Å². The summed E-state index contributed by atoms with van der Waals surface area (Å²) in [5, 5.41) is 0. The lowest BCUT2D eigenvalue weighted by atomic mass is 10.0. The van der Waals surface area contributed by atoms with Crippen LogP contribution in [-0.2, 0) is 5.54 Å². The van der Waals surface area contributed by atoms with Crippen molar-refractivity contribution in [1.29, 1.82) is 0 Å². The van der Waals surface area contributed by atoms with Crippen LogP contribution in [0.5, 0.6) is 0 Å². The maximum absolute atomic E-state index is 13.5. The molecule has 176 valence electrons. The number of alkyl halides is 2. The van der Waals surface area contributed by atoms with Crippen LogP contribution in [0.15, 0.2) is 24.5 Å². The van der Waals surface area contributed by atoms with E-state index in [9.17, 15) is 18.4 Å². The number of pyridine rings is 2. The zero-order valence-electron chi connectivity index (χ0n) is 18.9. The topological polar surface area (TPSA) is 69.6 Å². The minimum Gasteiger partial charge on any atom is -0.338 e. The number of piperidine rings is 1. The standard InChI is InChI=1S/C25H25F2N5O2/c1-30-23(34)20-19(24(30)2-3-24)10-16(12-28-20)32-13-15-9-17(15)18-8-14(11-29-21(18)32)22(33)31-6-4-25(26,27)5-7-31/h8,10-12,15,17H,2-7,9,13H2,1H3. The number of fused-ring (bicyclic) bond motifs is 5. The molecule has 2 saturated carbocycles. The molecule has 0 N–H and O–H groups in total. The van der Waals surface area contributed by atoms with E-state index in [1.54, 1.807) is 12.4 Å². The molecule has 2 atom stereocenters. The van der Waals surface area contributed by atoms with E-state index >= 15 is 0 Å². The van der Waals surface area contributed by atoms with E-state index in [0.29, 0.717) is 23.1 Å². The maximum Gasteiger partial charge on any atom is 0.273 e. The second-order valence-corrected chi connectivity index (χ2v) is 10.5. The monoisotopic (exact) mass is 465 g/mol. The number of anilines is 2. The highest BCUT2D eigenvalue weighted by Gasteiger charge is 2.57. The number of aromatic nitrogens is 2. The largest absolute Gasteiger partial charge is 0.338 e. The molecule has 1 spiro atoms. The van der Waals surface area contributed by atoms with Crippen molar-refractivity contribution in [3.05, 3.63) is 46.9 Å². The van der Waals surface area contributed by atoms with Gasteiger partial charge in [0, 0.05) is 51.3 Å². The molecule has 2 unspecified atom stereocenters. The Kier molecular flexibility index (Phi) is 3.89. The van der Waals surface area contributed by atoms with Gasteiger partial charge in [0.25, 0.3) is 17.7 Å². The van der Waals surface area contributed by atoms with Gasteiger partial charge >= 0.3 is 0 Å². The molecular weight excluding hydrogens is 440 g/mol. The van der Waals surface area contributed by atoms with Crippen molar-refractivity contribution in [3.8, 4) is 0 Å². The van der Waals surface area contributed by atoms with Gasteiger partial charge in [-0.15, -0.1) is 0 Å². The molecule has 9 heteroatoms. The van der Waals surface area contributed by atoms with Gasteiger partial charge in [0.1, 0.15) is 11.5 Å². The summed E-state index contributed by atoms with van der Waals surface area (Å²) < 4.78 is 27.1. The number of hydrogen-bond donors (Lipinski definition) is 0. The van der Waals surface area contributed by atoms with Crippen LogP contribution in [-0.4, -0.2) is 64.2 Å². The lowest BCUT2D eigenvalue weighted by Crippen LogP contribution is -2.42. The molecule has 5 heterocycles. The lowest BCUT2D eigenvalue weighted by molar-refractivity contribution is -0.0494. The summed E-state index contributed by atoms with van der Waals surface area (Å²) in [7, 11) is 1.85. The minimum absolute atomic E-state index is 0.0166. The van der Waals surface area contributed by atoms with Gasteiger partial charge in [0.05, 0.1) is 23.0 Å². The highest BCUT2D eigenvalue weighted by molar-refractivity contribution is 5.99. The Morgan fingerprint density at radius 1 is 1.09 bits per heavy atom. The maximum atomic E-state index is 13.5. The second kappa shape index (κ2) is 6.52. The summed E-state index contributed by atoms with van der Waals surface area (Å²) in [4.78, 5) is 40.4. The fourth-order valence-electron chi connectivity index (χ4n) is 6.07. The van der Waals surface area contributed by atoms with Crippen molar-refractivity contribution in [1.82, 2.24) is 19.8 Å². The number of hydrogen-bond acceptors (Lipinski definition) is 5. The number of rotatable bonds is 2. The number of likely N-dealkylation sites (tertiary alicyclic amines) is 1.